The van der Waals surface area contributed by atoms with Crippen LogP contribution in [0.5, 0.6) is 0 Å². The van der Waals surface area contributed by atoms with E-state index in [-0.39, 0.29) is 0 Å². The lowest BCUT2D eigenvalue weighted by molar-refractivity contribution is 0.949. The molecule has 2 heteroatoms. The van der Waals surface area contributed by atoms with Gasteiger partial charge in [0.1, 0.15) is 0 Å². The highest BCUT2D eigenvalue weighted by Gasteiger charge is 2.02. The average molecular weight is 181 g/mol. The van der Waals surface area contributed by atoms with E-state index in [0.29, 0.717) is 6.54 Å². The van der Waals surface area contributed by atoms with Gasteiger partial charge in [-0.25, -0.2) is 0 Å². The van der Waals surface area contributed by atoms with Crippen LogP contribution in [0.3, 0.4) is 0 Å². The first-order valence-corrected chi connectivity index (χ1v) is 4.59. The Balaban J connectivity index is 3.08. The highest BCUT2D eigenvalue weighted by Crippen LogP contribution is 2.20. The summed E-state index contributed by atoms with van der Waals surface area (Å²) >= 11 is 4.35. The topological polar surface area (TPSA) is 26.0 Å². The molecule has 0 aliphatic heterocycles. The van der Waals surface area contributed by atoms with Gasteiger partial charge in [0, 0.05) is 4.90 Å². The smallest absolute Gasteiger partial charge is 0.00720 e. The van der Waals surface area contributed by atoms with Gasteiger partial charge in [-0.15, -0.1) is 12.6 Å². The summed E-state index contributed by atoms with van der Waals surface area (Å²) in [5, 5.41) is 0. The monoisotopic (exact) mass is 181 g/mol. The number of thiol groups is 1. The van der Waals surface area contributed by atoms with Crippen molar-refractivity contribution in [2.45, 2.75) is 25.2 Å². The maximum atomic E-state index is 5.50. The van der Waals surface area contributed by atoms with Crippen molar-refractivity contribution in [1.29, 1.82) is 0 Å². The molecule has 0 bridgehead atoms. The van der Waals surface area contributed by atoms with E-state index < -0.39 is 0 Å². The molecule has 1 aromatic rings. The number of hydrogen-bond donors (Lipinski definition) is 2. The predicted octanol–water partition coefficient (Wildman–Crippen LogP) is 2.09. The third-order valence-corrected chi connectivity index (χ3v) is 2.77. The highest BCUT2D eigenvalue weighted by molar-refractivity contribution is 7.80. The van der Waals surface area contributed by atoms with E-state index in [1.165, 1.54) is 16.7 Å². The summed E-state index contributed by atoms with van der Waals surface area (Å²) in [6.45, 7) is 4.93. The van der Waals surface area contributed by atoms with Crippen LogP contribution in [-0.2, 0) is 6.42 Å². The molecule has 12 heavy (non-hydrogen) atoms. The van der Waals surface area contributed by atoms with E-state index in [0.717, 1.165) is 11.3 Å². The molecule has 0 saturated heterocycles. The average Bonchev–Trinajstić information content (AvgIpc) is 2.07. The SMILES string of the molecule is Cc1c(S)ccc(CCN)c1C. The zero-order valence-electron chi connectivity index (χ0n) is 7.59. The molecule has 2 N–H and O–H groups in total. The van der Waals surface area contributed by atoms with Crippen molar-refractivity contribution in [2.75, 3.05) is 6.54 Å². The molecule has 0 spiro atoms. The minimum absolute atomic E-state index is 0.714. The standard InChI is InChI=1S/C10H15NS/c1-7-8(2)10(12)4-3-9(7)5-6-11/h3-4,12H,5-6,11H2,1-2H3. The molecular weight excluding hydrogens is 166 g/mol. The van der Waals surface area contributed by atoms with Crippen LogP contribution in [0.15, 0.2) is 17.0 Å². The Labute approximate surface area is 79.4 Å². The summed E-state index contributed by atoms with van der Waals surface area (Å²) < 4.78 is 0. The normalized spacial score (nSPS) is 10.3. The van der Waals surface area contributed by atoms with Gasteiger partial charge in [-0.2, -0.15) is 0 Å². The van der Waals surface area contributed by atoms with Crippen LogP contribution < -0.4 is 5.73 Å². The molecule has 0 aliphatic carbocycles. The fraction of sp³-hybridized carbons (Fsp3) is 0.400. The Morgan fingerprint density at radius 1 is 1.25 bits per heavy atom. The second kappa shape index (κ2) is 3.97. The van der Waals surface area contributed by atoms with Crippen LogP contribution >= 0.6 is 12.6 Å². The summed E-state index contributed by atoms with van der Waals surface area (Å²) in [5.74, 6) is 0. The molecule has 0 heterocycles. The van der Waals surface area contributed by atoms with Gasteiger partial charge in [-0.1, -0.05) is 6.07 Å². The molecule has 0 radical (unpaired) electrons. The molecule has 66 valence electrons. The molecule has 0 aromatic heterocycles. The molecular formula is C10H15NS. The van der Waals surface area contributed by atoms with Crippen LogP contribution in [-0.4, -0.2) is 6.54 Å². The minimum atomic E-state index is 0.714. The van der Waals surface area contributed by atoms with Crippen molar-refractivity contribution >= 4 is 12.6 Å². The van der Waals surface area contributed by atoms with Gasteiger partial charge >= 0.3 is 0 Å². The summed E-state index contributed by atoms with van der Waals surface area (Å²) in [6.07, 6.45) is 0.959. The van der Waals surface area contributed by atoms with Gasteiger partial charge < -0.3 is 5.73 Å². The maximum Gasteiger partial charge on any atom is 0.00720 e. The Bertz CT molecular complexity index is 281. The first kappa shape index (κ1) is 9.62. The minimum Gasteiger partial charge on any atom is -0.330 e. The molecule has 1 aromatic carbocycles. The Morgan fingerprint density at radius 2 is 1.92 bits per heavy atom. The molecule has 0 saturated carbocycles. The maximum absolute atomic E-state index is 5.50. The summed E-state index contributed by atoms with van der Waals surface area (Å²) in [6, 6.07) is 4.15. The Morgan fingerprint density at radius 3 is 2.50 bits per heavy atom. The Kier molecular flexibility index (Phi) is 3.18. The lowest BCUT2D eigenvalue weighted by Gasteiger charge is -2.09. The first-order valence-electron chi connectivity index (χ1n) is 4.15. The van der Waals surface area contributed by atoms with Crippen LogP contribution in [0.4, 0.5) is 0 Å². The van der Waals surface area contributed by atoms with Gasteiger partial charge in [0.25, 0.3) is 0 Å². The van der Waals surface area contributed by atoms with Crippen molar-refractivity contribution in [3.8, 4) is 0 Å². The van der Waals surface area contributed by atoms with Gasteiger partial charge in [0.15, 0.2) is 0 Å². The first-order chi connectivity index (χ1) is 5.66. The van der Waals surface area contributed by atoms with E-state index >= 15 is 0 Å². The van der Waals surface area contributed by atoms with Crippen LogP contribution in [0.2, 0.25) is 0 Å². The van der Waals surface area contributed by atoms with Crippen molar-refractivity contribution in [1.82, 2.24) is 0 Å². The lowest BCUT2D eigenvalue weighted by Crippen LogP contribution is -2.04. The summed E-state index contributed by atoms with van der Waals surface area (Å²) in [7, 11) is 0. The fourth-order valence-corrected chi connectivity index (χ4v) is 1.53. The second-order valence-corrected chi connectivity index (χ2v) is 3.51. The third kappa shape index (κ3) is 1.82. The van der Waals surface area contributed by atoms with Crippen molar-refractivity contribution in [3.63, 3.8) is 0 Å². The van der Waals surface area contributed by atoms with Gasteiger partial charge in [0.2, 0.25) is 0 Å². The van der Waals surface area contributed by atoms with Crippen molar-refractivity contribution in [2.24, 2.45) is 5.73 Å². The molecule has 1 nitrogen and oxygen atoms in total. The molecule has 0 amide bonds. The number of rotatable bonds is 2. The van der Waals surface area contributed by atoms with Gasteiger partial charge in [-0.3, -0.25) is 0 Å². The Hall–Kier alpha value is -0.470. The lowest BCUT2D eigenvalue weighted by atomic mass is 10.0. The number of hydrogen-bond acceptors (Lipinski definition) is 2. The van der Waals surface area contributed by atoms with Crippen LogP contribution in [0.25, 0.3) is 0 Å². The largest absolute Gasteiger partial charge is 0.330 e. The van der Waals surface area contributed by atoms with E-state index in [4.69, 9.17) is 5.73 Å². The van der Waals surface area contributed by atoms with Crippen molar-refractivity contribution in [3.05, 3.63) is 28.8 Å². The second-order valence-electron chi connectivity index (χ2n) is 3.03. The van der Waals surface area contributed by atoms with E-state index in [2.05, 4.69) is 32.5 Å². The van der Waals surface area contributed by atoms with E-state index in [1.807, 2.05) is 6.07 Å². The van der Waals surface area contributed by atoms with Gasteiger partial charge in [-0.05, 0) is 49.6 Å². The van der Waals surface area contributed by atoms with E-state index in [9.17, 15) is 0 Å². The quantitative estimate of drug-likeness (QED) is 0.671. The molecule has 0 fully saturated rings. The summed E-state index contributed by atoms with van der Waals surface area (Å²) in [4.78, 5) is 1.06. The fourth-order valence-electron chi connectivity index (χ4n) is 1.29. The zero-order valence-corrected chi connectivity index (χ0v) is 8.49. The molecule has 1 rings (SSSR count). The van der Waals surface area contributed by atoms with Gasteiger partial charge in [0.05, 0.1) is 0 Å². The summed E-state index contributed by atoms with van der Waals surface area (Å²) in [5.41, 5.74) is 9.43. The number of nitrogens with two attached hydrogens (primary N) is 1. The third-order valence-electron chi connectivity index (χ3n) is 2.28. The molecule has 0 unspecified atom stereocenters. The number of benzene rings is 1. The molecule has 0 aliphatic rings. The molecule has 0 atom stereocenters. The highest BCUT2D eigenvalue weighted by atomic mass is 32.1. The van der Waals surface area contributed by atoms with Crippen LogP contribution in [0.1, 0.15) is 16.7 Å². The predicted molar refractivity (Wildman–Crippen MR) is 55.9 cm³/mol. The zero-order chi connectivity index (χ0) is 9.14. The van der Waals surface area contributed by atoms with Crippen molar-refractivity contribution < 1.29 is 0 Å². The van der Waals surface area contributed by atoms with E-state index in [1.54, 1.807) is 0 Å². The van der Waals surface area contributed by atoms with Crippen LogP contribution in [0, 0.1) is 13.8 Å².